The Hall–Kier alpha value is -2.61. The van der Waals surface area contributed by atoms with Gasteiger partial charge in [0.15, 0.2) is 0 Å². The van der Waals surface area contributed by atoms with Gasteiger partial charge in [0.25, 0.3) is 0 Å². The van der Waals surface area contributed by atoms with Crippen molar-refractivity contribution in [2.24, 2.45) is 0 Å². The fourth-order valence-electron chi connectivity index (χ4n) is 1.66. The summed E-state index contributed by atoms with van der Waals surface area (Å²) in [5.41, 5.74) is 7.32. The third-order valence-electron chi connectivity index (χ3n) is 2.54. The standard InChI is InChI=1S/C13H13N5/c1-18(13-6-12(15)16-9-17-13)8-11-4-2-3-10(5-11)7-14/h2-6,9H,8H2,1H3,(H2,15,16,17). The molecular weight excluding hydrogens is 226 g/mol. The maximum atomic E-state index is 8.85. The highest BCUT2D eigenvalue weighted by Gasteiger charge is 2.04. The number of hydrogen-bond acceptors (Lipinski definition) is 5. The van der Waals surface area contributed by atoms with Crippen LogP contribution in [0.15, 0.2) is 36.7 Å². The highest BCUT2D eigenvalue weighted by Crippen LogP contribution is 2.14. The molecule has 18 heavy (non-hydrogen) atoms. The fraction of sp³-hybridized carbons (Fsp3) is 0.154. The van der Waals surface area contributed by atoms with E-state index < -0.39 is 0 Å². The normalized spacial score (nSPS) is 9.78. The van der Waals surface area contributed by atoms with Crippen molar-refractivity contribution in [3.05, 3.63) is 47.8 Å². The zero-order chi connectivity index (χ0) is 13.0. The van der Waals surface area contributed by atoms with Crippen molar-refractivity contribution in [2.75, 3.05) is 17.7 Å². The number of aromatic nitrogens is 2. The van der Waals surface area contributed by atoms with Crippen molar-refractivity contribution in [2.45, 2.75) is 6.54 Å². The molecule has 5 heteroatoms. The predicted octanol–water partition coefficient (Wildman–Crippen LogP) is 1.57. The van der Waals surface area contributed by atoms with Gasteiger partial charge in [-0.2, -0.15) is 5.26 Å². The molecule has 0 aliphatic heterocycles. The first-order chi connectivity index (χ1) is 8.69. The molecule has 2 aromatic rings. The van der Waals surface area contributed by atoms with E-state index >= 15 is 0 Å². The molecule has 90 valence electrons. The number of rotatable bonds is 3. The molecular formula is C13H13N5. The van der Waals surface area contributed by atoms with Crippen LogP contribution in [-0.4, -0.2) is 17.0 Å². The number of anilines is 2. The van der Waals surface area contributed by atoms with Crippen LogP contribution >= 0.6 is 0 Å². The Labute approximate surface area is 106 Å². The van der Waals surface area contributed by atoms with E-state index in [1.54, 1.807) is 12.1 Å². The number of nitrogens with two attached hydrogens (primary N) is 1. The van der Waals surface area contributed by atoms with Gasteiger partial charge in [-0.3, -0.25) is 0 Å². The van der Waals surface area contributed by atoms with Gasteiger partial charge in [-0.1, -0.05) is 12.1 Å². The zero-order valence-electron chi connectivity index (χ0n) is 10.0. The predicted molar refractivity (Wildman–Crippen MR) is 69.7 cm³/mol. The molecule has 2 rings (SSSR count). The lowest BCUT2D eigenvalue weighted by Gasteiger charge is -2.18. The summed E-state index contributed by atoms with van der Waals surface area (Å²) in [4.78, 5) is 9.95. The molecule has 0 spiro atoms. The van der Waals surface area contributed by atoms with Gasteiger partial charge in [-0.25, -0.2) is 9.97 Å². The molecule has 0 fully saturated rings. The van der Waals surface area contributed by atoms with Gasteiger partial charge in [0.2, 0.25) is 0 Å². The first-order valence-corrected chi connectivity index (χ1v) is 5.47. The average molecular weight is 239 g/mol. The topological polar surface area (TPSA) is 78.8 Å². The van der Waals surface area contributed by atoms with E-state index in [2.05, 4.69) is 16.0 Å². The molecule has 0 saturated carbocycles. The highest BCUT2D eigenvalue weighted by atomic mass is 15.2. The molecule has 0 atom stereocenters. The molecule has 1 aromatic carbocycles. The van der Waals surface area contributed by atoms with Crippen LogP contribution in [0, 0.1) is 11.3 Å². The van der Waals surface area contributed by atoms with Crippen LogP contribution in [0.3, 0.4) is 0 Å². The minimum atomic E-state index is 0.442. The van der Waals surface area contributed by atoms with E-state index in [9.17, 15) is 0 Å². The molecule has 0 bridgehead atoms. The first kappa shape index (κ1) is 11.9. The Balaban J connectivity index is 2.16. The highest BCUT2D eigenvalue weighted by molar-refractivity contribution is 5.46. The summed E-state index contributed by atoms with van der Waals surface area (Å²) in [6.07, 6.45) is 1.44. The van der Waals surface area contributed by atoms with Crippen LogP contribution < -0.4 is 10.6 Å². The van der Waals surface area contributed by atoms with E-state index in [1.165, 1.54) is 6.33 Å². The fourth-order valence-corrected chi connectivity index (χ4v) is 1.66. The van der Waals surface area contributed by atoms with Gasteiger partial charge < -0.3 is 10.6 Å². The monoisotopic (exact) mass is 239 g/mol. The van der Waals surface area contributed by atoms with Gasteiger partial charge in [-0.15, -0.1) is 0 Å². The van der Waals surface area contributed by atoms with Gasteiger partial charge in [-0.05, 0) is 17.7 Å². The molecule has 0 aliphatic carbocycles. The van der Waals surface area contributed by atoms with E-state index in [0.717, 1.165) is 11.4 Å². The number of nitriles is 1. The van der Waals surface area contributed by atoms with Crippen molar-refractivity contribution in [3.63, 3.8) is 0 Å². The Morgan fingerprint density at radius 1 is 1.33 bits per heavy atom. The Kier molecular flexibility index (Phi) is 3.39. The maximum Gasteiger partial charge on any atom is 0.134 e. The number of hydrogen-bond donors (Lipinski definition) is 1. The number of nitrogens with zero attached hydrogens (tertiary/aromatic N) is 4. The molecule has 0 amide bonds. The van der Waals surface area contributed by atoms with E-state index in [-0.39, 0.29) is 0 Å². The van der Waals surface area contributed by atoms with Gasteiger partial charge in [0.1, 0.15) is 18.0 Å². The Morgan fingerprint density at radius 2 is 2.17 bits per heavy atom. The molecule has 0 radical (unpaired) electrons. The lowest BCUT2D eigenvalue weighted by Crippen LogP contribution is -2.18. The summed E-state index contributed by atoms with van der Waals surface area (Å²) in [6.45, 7) is 0.659. The summed E-state index contributed by atoms with van der Waals surface area (Å²) in [5.74, 6) is 1.20. The van der Waals surface area contributed by atoms with Gasteiger partial charge in [0, 0.05) is 19.7 Å². The van der Waals surface area contributed by atoms with Crippen LogP contribution in [0.5, 0.6) is 0 Å². The molecule has 1 heterocycles. The second-order valence-corrected chi connectivity index (χ2v) is 3.97. The summed E-state index contributed by atoms with van der Waals surface area (Å²) < 4.78 is 0. The molecule has 2 N–H and O–H groups in total. The van der Waals surface area contributed by atoms with Crippen molar-refractivity contribution < 1.29 is 0 Å². The van der Waals surface area contributed by atoms with Crippen molar-refractivity contribution in [1.82, 2.24) is 9.97 Å². The van der Waals surface area contributed by atoms with Crippen molar-refractivity contribution in [1.29, 1.82) is 5.26 Å². The molecule has 0 aliphatic rings. The van der Waals surface area contributed by atoms with E-state index in [0.29, 0.717) is 17.9 Å². The number of nitrogen functional groups attached to an aromatic ring is 1. The third kappa shape index (κ3) is 2.74. The lowest BCUT2D eigenvalue weighted by molar-refractivity contribution is 0.891. The molecule has 0 unspecified atom stereocenters. The van der Waals surface area contributed by atoms with Crippen LogP contribution in [0.1, 0.15) is 11.1 Å². The van der Waals surface area contributed by atoms with Crippen LogP contribution in [0.2, 0.25) is 0 Å². The second kappa shape index (κ2) is 5.15. The van der Waals surface area contributed by atoms with Crippen LogP contribution in [0.25, 0.3) is 0 Å². The van der Waals surface area contributed by atoms with Crippen molar-refractivity contribution in [3.8, 4) is 6.07 Å². The second-order valence-electron chi connectivity index (χ2n) is 3.97. The van der Waals surface area contributed by atoms with E-state index in [4.69, 9.17) is 11.0 Å². The molecule has 1 aromatic heterocycles. The van der Waals surface area contributed by atoms with Gasteiger partial charge >= 0.3 is 0 Å². The average Bonchev–Trinajstić information content (AvgIpc) is 2.39. The van der Waals surface area contributed by atoms with Crippen LogP contribution in [0.4, 0.5) is 11.6 Å². The minimum absolute atomic E-state index is 0.442. The van der Waals surface area contributed by atoms with Gasteiger partial charge in [0.05, 0.1) is 11.6 Å². The number of benzene rings is 1. The minimum Gasteiger partial charge on any atom is -0.384 e. The van der Waals surface area contributed by atoms with E-state index in [1.807, 2.05) is 30.1 Å². The maximum absolute atomic E-state index is 8.85. The molecule has 0 saturated heterocycles. The summed E-state index contributed by atoms with van der Waals surface area (Å²) in [7, 11) is 1.92. The third-order valence-corrected chi connectivity index (χ3v) is 2.54. The summed E-state index contributed by atoms with van der Waals surface area (Å²) in [5, 5.41) is 8.85. The Bertz CT molecular complexity index is 588. The summed E-state index contributed by atoms with van der Waals surface area (Å²) in [6, 6.07) is 11.3. The quantitative estimate of drug-likeness (QED) is 0.879. The SMILES string of the molecule is CN(Cc1cccc(C#N)c1)c1cc(N)ncn1. The molecule has 5 nitrogen and oxygen atoms in total. The zero-order valence-corrected chi connectivity index (χ0v) is 10.0. The largest absolute Gasteiger partial charge is 0.384 e. The lowest BCUT2D eigenvalue weighted by atomic mass is 10.1. The van der Waals surface area contributed by atoms with Crippen LogP contribution in [-0.2, 0) is 6.54 Å². The summed E-state index contributed by atoms with van der Waals surface area (Å²) >= 11 is 0. The Morgan fingerprint density at radius 3 is 2.89 bits per heavy atom. The van der Waals surface area contributed by atoms with Crippen molar-refractivity contribution >= 4 is 11.6 Å². The first-order valence-electron chi connectivity index (χ1n) is 5.47. The smallest absolute Gasteiger partial charge is 0.134 e.